The summed E-state index contributed by atoms with van der Waals surface area (Å²) < 4.78 is 5.12. The molecule has 0 aliphatic heterocycles. The number of primary amides is 1. The van der Waals surface area contributed by atoms with Crippen LogP contribution in [0.5, 0.6) is 5.75 Å². The number of carbonyl (C=O) groups is 3. The first-order valence-electron chi connectivity index (χ1n) is 7.77. The second-order valence-corrected chi connectivity index (χ2v) is 5.87. The average Bonchev–Trinajstić information content (AvgIpc) is 2.63. The van der Waals surface area contributed by atoms with E-state index in [4.69, 9.17) is 22.1 Å². The van der Waals surface area contributed by atoms with Crippen molar-refractivity contribution < 1.29 is 19.1 Å². The van der Waals surface area contributed by atoms with E-state index in [1.165, 1.54) is 6.21 Å². The maximum absolute atomic E-state index is 11.9. The first kappa shape index (κ1) is 19.9. The van der Waals surface area contributed by atoms with Crippen LogP contribution < -0.4 is 21.2 Å². The fourth-order valence-corrected chi connectivity index (χ4v) is 2.19. The molecule has 0 heterocycles. The van der Waals surface area contributed by atoms with Gasteiger partial charge in [0.25, 0.3) is 5.91 Å². The average molecular weight is 389 g/mol. The van der Waals surface area contributed by atoms with E-state index < -0.39 is 17.7 Å². The number of hydrogen-bond donors (Lipinski definition) is 3. The Balaban J connectivity index is 1.86. The van der Waals surface area contributed by atoms with Gasteiger partial charge in [-0.2, -0.15) is 5.10 Å². The molecule has 2 rings (SSSR count). The Labute approximate surface area is 160 Å². The summed E-state index contributed by atoms with van der Waals surface area (Å²) in [5.74, 6) is -1.88. The van der Waals surface area contributed by atoms with E-state index in [1.807, 2.05) is 0 Å². The molecule has 0 spiro atoms. The topological polar surface area (TPSA) is 123 Å². The summed E-state index contributed by atoms with van der Waals surface area (Å²) in [6.07, 6.45) is 1.36. The van der Waals surface area contributed by atoms with Gasteiger partial charge in [0.1, 0.15) is 5.75 Å². The lowest BCUT2D eigenvalue weighted by Gasteiger charge is -2.07. The smallest absolute Gasteiger partial charge is 0.329 e. The maximum Gasteiger partial charge on any atom is 0.329 e. The highest BCUT2D eigenvalue weighted by Gasteiger charge is 2.14. The summed E-state index contributed by atoms with van der Waals surface area (Å²) in [6.45, 7) is 1.54. The van der Waals surface area contributed by atoms with Crippen molar-refractivity contribution in [1.29, 1.82) is 0 Å². The van der Waals surface area contributed by atoms with Crippen LogP contribution in [0.3, 0.4) is 0 Å². The zero-order chi connectivity index (χ0) is 19.8. The van der Waals surface area contributed by atoms with Crippen molar-refractivity contribution in [2.75, 3.05) is 11.9 Å². The molecule has 2 aromatic rings. The highest BCUT2D eigenvalue weighted by molar-refractivity contribution is 6.39. The van der Waals surface area contributed by atoms with E-state index in [-0.39, 0.29) is 6.61 Å². The number of nitrogens with zero attached hydrogens (tertiary/aromatic N) is 1. The molecule has 0 bridgehead atoms. The molecule has 8 nitrogen and oxygen atoms in total. The first-order chi connectivity index (χ1) is 12.8. The molecule has 9 heteroatoms. The van der Waals surface area contributed by atoms with Crippen LogP contribution in [0.4, 0.5) is 5.69 Å². The van der Waals surface area contributed by atoms with Crippen molar-refractivity contribution in [1.82, 2.24) is 5.43 Å². The molecule has 0 radical (unpaired) electrons. The number of carbonyl (C=O) groups excluding carboxylic acids is 3. The number of hydrogen-bond acceptors (Lipinski definition) is 5. The third-order valence-electron chi connectivity index (χ3n) is 3.28. The fraction of sp³-hybridized carbons (Fsp3) is 0.111. The number of aryl methyl sites for hydroxylation is 1. The van der Waals surface area contributed by atoms with Crippen molar-refractivity contribution in [3.8, 4) is 5.75 Å². The SMILES string of the molecule is Cc1cc(Cl)ccc1NC(=O)C(=O)N/N=C\c1ccc(OCC(N)=O)cc1. The van der Waals surface area contributed by atoms with Crippen LogP contribution in [-0.4, -0.2) is 30.5 Å². The largest absolute Gasteiger partial charge is 0.484 e. The van der Waals surface area contributed by atoms with Crippen molar-refractivity contribution in [3.63, 3.8) is 0 Å². The molecule has 0 unspecified atom stereocenters. The van der Waals surface area contributed by atoms with E-state index in [0.717, 1.165) is 5.56 Å². The van der Waals surface area contributed by atoms with E-state index in [0.29, 0.717) is 22.0 Å². The molecular weight excluding hydrogens is 372 g/mol. The van der Waals surface area contributed by atoms with Crippen LogP contribution in [-0.2, 0) is 14.4 Å². The number of halogens is 1. The summed E-state index contributed by atoms with van der Waals surface area (Å²) in [7, 11) is 0. The quantitative estimate of drug-likeness (QED) is 0.395. The predicted octanol–water partition coefficient (Wildman–Crippen LogP) is 1.60. The molecular formula is C18H17ClN4O4. The normalized spacial score (nSPS) is 10.4. The first-order valence-corrected chi connectivity index (χ1v) is 8.14. The number of ether oxygens (including phenoxy) is 1. The Kier molecular flexibility index (Phi) is 6.90. The van der Waals surface area contributed by atoms with Gasteiger partial charge in [-0.3, -0.25) is 14.4 Å². The maximum atomic E-state index is 11.9. The number of nitrogens with two attached hydrogens (primary N) is 1. The summed E-state index contributed by atoms with van der Waals surface area (Å²) >= 11 is 5.84. The monoisotopic (exact) mass is 388 g/mol. The second kappa shape index (κ2) is 9.35. The number of amides is 3. The minimum absolute atomic E-state index is 0.217. The van der Waals surface area contributed by atoms with Gasteiger partial charge in [-0.25, -0.2) is 5.43 Å². The predicted molar refractivity (Wildman–Crippen MR) is 102 cm³/mol. The lowest BCUT2D eigenvalue weighted by atomic mass is 10.2. The Hall–Kier alpha value is -3.39. The van der Waals surface area contributed by atoms with Gasteiger partial charge in [0.2, 0.25) is 0 Å². The van der Waals surface area contributed by atoms with Gasteiger partial charge in [0, 0.05) is 10.7 Å². The van der Waals surface area contributed by atoms with E-state index in [2.05, 4.69) is 15.8 Å². The Morgan fingerprint density at radius 3 is 2.48 bits per heavy atom. The molecule has 0 atom stereocenters. The van der Waals surface area contributed by atoms with Gasteiger partial charge in [0.05, 0.1) is 6.21 Å². The van der Waals surface area contributed by atoms with Gasteiger partial charge < -0.3 is 15.8 Å². The zero-order valence-corrected chi connectivity index (χ0v) is 15.1. The lowest BCUT2D eigenvalue weighted by molar-refractivity contribution is -0.136. The van der Waals surface area contributed by atoms with Gasteiger partial charge in [-0.1, -0.05) is 11.6 Å². The van der Waals surface area contributed by atoms with Crippen LogP contribution >= 0.6 is 11.6 Å². The molecule has 0 aliphatic rings. The van der Waals surface area contributed by atoms with Gasteiger partial charge in [-0.05, 0) is 60.5 Å². The molecule has 27 heavy (non-hydrogen) atoms. The number of anilines is 1. The molecule has 0 saturated carbocycles. The number of rotatable bonds is 6. The summed E-state index contributed by atoms with van der Waals surface area (Å²) in [4.78, 5) is 34.3. The van der Waals surface area contributed by atoms with Crippen LogP contribution in [0.2, 0.25) is 5.02 Å². The van der Waals surface area contributed by atoms with Crippen LogP contribution in [0.25, 0.3) is 0 Å². The fourth-order valence-electron chi connectivity index (χ4n) is 1.97. The minimum Gasteiger partial charge on any atom is -0.484 e. The van der Waals surface area contributed by atoms with Gasteiger partial charge in [0.15, 0.2) is 6.61 Å². The van der Waals surface area contributed by atoms with Gasteiger partial charge >= 0.3 is 11.8 Å². The number of nitrogens with one attached hydrogen (secondary N) is 2. The van der Waals surface area contributed by atoms with Crippen molar-refractivity contribution >= 4 is 41.2 Å². The Bertz CT molecular complexity index is 881. The molecule has 2 aromatic carbocycles. The molecule has 3 amide bonds. The Morgan fingerprint density at radius 1 is 1.15 bits per heavy atom. The molecule has 0 saturated heterocycles. The molecule has 0 aromatic heterocycles. The standard InChI is InChI=1S/C18H17ClN4O4/c1-11-8-13(19)4-7-15(11)22-17(25)18(26)23-21-9-12-2-5-14(6-3-12)27-10-16(20)24/h2-9H,10H2,1H3,(H2,20,24)(H,22,25)(H,23,26)/b21-9-. The number of benzene rings is 2. The highest BCUT2D eigenvalue weighted by atomic mass is 35.5. The van der Waals surface area contributed by atoms with Crippen LogP contribution in [0, 0.1) is 6.92 Å². The van der Waals surface area contributed by atoms with Crippen molar-refractivity contribution in [2.45, 2.75) is 6.92 Å². The van der Waals surface area contributed by atoms with E-state index >= 15 is 0 Å². The molecule has 0 fully saturated rings. The van der Waals surface area contributed by atoms with Crippen LogP contribution in [0.15, 0.2) is 47.6 Å². The van der Waals surface area contributed by atoms with Crippen molar-refractivity contribution in [2.24, 2.45) is 10.8 Å². The van der Waals surface area contributed by atoms with Crippen LogP contribution in [0.1, 0.15) is 11.1 Å². The molecule has 0 aliphatic carbocycles. The highest BCUT2D eigenvalue weighted by Crippen LogP contribution is 2.19. The zero-order valence-electron chi connectivity index (χ0n) is 14.4. The van der Waals surface area contributed by atoms with E-state index in [9.17, 15) is 14.4 Å². The summed E-state index contributed by atoms with van der Waals surface area (Å²) in [5, 5.41) is 6.73. The van der Waals surface area contributed by atoms with Gasteiger partial charge in [-0.15, -0.1) is 0 Å². The Morgan fingerprint density at radius 2 is 1.85 bits per heavy atom. The second-order valence-electron chi connectivity index (χ2n) is 5.44. The third-order valence-corrected chi connectivity index (χ3v) is 3.52. The van der Waals surface area contributed by atoms with E-state index in [1.54, 1.807) is 49.4 Å². The van der Waals surface area contributed by atoms with Crippen molar-refractivity contribution in [3.05, 3.63) is 58.6 Å². The minimum atomic E-state index is -0.915. The third kappa shape index (κ3) is 6.44. The molecule has 140 valence electrons. The summed E-state index contributed by atoms with van der Waals surface area (Å²) in [5.41, 5.74) is 8.98. The molecule has 4 N–H and O–H groups in total. The lowest BCUT2D eigenvalue weighted by Crippen LogP contribution is -2.32. The number of hydrazone groups is 1. The summed E-state index contributed by atoms with van der Waals surface area (Å²) in [6, 6.07) is 11.4.